The zero-order valence-corrected chi connectivity index (χ0v) is 17.1. The molecule has 1 amide bonds. The first-order valence-corrected chi connectivity index (χ1v) is 10.8. The zero-order valence-electron chi connectivity index (χ0n) is 15.5. The number of carbonyl (C=O) groups excluding carboxylic acids is 2. The molecule has 7 nitrogen and oxygen atoms in total. The summed E-state index contributed by atoms with van der Waals surface area (Å²) in [6.07, 6.45) is 1.51. The standard InChI is InChI=1S/C18H25ClN2O5S/c1-3-13(2)20-17(22)12-26-18(23)14-8-10-21(11-9-14)27(24,25)16-6-4-15(19)5-7-16/h4-7,13-14H,3,8-12H2,1-2H3,(H,20,22)/t13-/m0/s1. The molecule has 1 fully saturated rings. The van der Waals surface area contributed by atoms with Crippen molar-refractivity contribution in [3.05, 3.63) is 29.3 Å². The van der Waals surface area contributed by atoms with Gasteiger partial charge in [0.05, 0.1) is 10.8 Å². The highest BCUT2D eigenvalue weighted by atomic mass is 35.5. The lowest BCUT2D eigenvalue weighted by atomic mass is 9.98. The molecule has 0 aliphatic carbocycles. The van der Waals surface area contributed by atoms with Gasteiger partial charge in [-0.1, -0.05) is 18.5 Å². The van der Waals surface area contributed by atoms with Crippen molar-refractivity contribution in [1.29, 1.82) is 0 Å². The number of hydrogen-bond acceptors (Lipinski definition) is 5. The van der Waals surface area contributed by atoms with E-state index in [1.54, 1.807) is 0 Å². The Labute approximate surface area is 165 Å². The third kappa shape index (κ3) is 5.92. The van der Waals surface area contributed by atoms with Crippen LogP contribution in [-0.2, 0) is 24.3 Å². The highest BCUT2D eigenvalue weighted by Crippen LogP contribution is 2.25. The second-order valence-electron chi connectivity index (χ2n) is 6.62. The van der Waals surface area contributed by atoms with Crippen LogP contribution in [-0.4, -0.2) is 50.3 Å². The van der Waals surface area contributed by atoms with Gasteiger partial charge >= 0.3 is 5.97 Å². The quantitative estimate of drug-likeness (QED) is 0.688. The first kappa shape index (κ1) is 21.7. The van der Waals surface area contributed by atoms with Gasteiger partial charge in [0, 0.05) is 24.2 Å². The van der Waals surface area contributed by atoms with Crippen molar-refractivity contribution < 1.29 is 22.7 Å². The first-order valence-electron chi connectivity index (χ1n) is 8.95. The van der Waals surface area contributed by atoms with Gasteiger partial charge in [-0.3, -0.25) is 9.59 Å². The number of rotatable bonds is 7. The van der Waals surface area contributed by atoms with Gasteiger partial charge in [-0.15, -0.1) is 0 Å². The molecule has 9 heteroatoms. The largest absolute Gasteiger partial charge is 0.455 e. The third-order valence-electron chi connectivity index (χ3n) is 4.60. The molecule has 0 saturated carbocycles. The highest BCUT2D eigenvalue weighted by molar-refractivity contribution is 7.89. The second-order valence-corrected chi connectivity index (χ2v) is 8.99. The Balaban J connectivity index is 1.84. The molecule has 1 aliphatic rings. The number of sulfonamides is 1. The molecule has 0 radical (unpaired) electrons. The number of nitrogens with zero attached hydrogens (tertiary/aromatic N) is 1. The normalized spacial score (nSPS) is 17.3. The van der Waals surface area contributed by atoms with E-state index in [2.05, 4.69) is 5.32 Å². The summed E-state index contributed by atoms with van der Waals surface area (Å²) >= 11 is 5.80. The SMILES string of the molecule is CC[C@H](C)NC(=O)COC(=O)C1CCN(S(=O)(=O)c2ccc(Cl)cc2)CC1. The van der Waals surface area contributed by atoms with Crippen LogP contribution >= 0.6 is 11.6 Å². The van der Waals surface area contributed by atoms with Crippen molar-refractivity contribution in [3.8, 4) is 0 Å². The molecule has 1 heterocycles. The summed E-state index contributed by atoms with van der Waals surface area (Å²) in [4.78, 5) is 24.0. The molecule has 1 aliphatic heterocycles. The van der Waals surface area contributed by atoms with Crippen molar-refractivity contribution in [2.75, 3.05) is 19.7 Å². The van der Waals surface area contributed by atoms with Crippen molar-refractivity contribution in [2.45, 2.75) is 44.0 Å². The summed E-state index contributed by atoms with van der Waals surface area (Å²) in [5.41, 5.74) is 0. The minimum Gasteiger partial charge on any atom is -0.455 e. The van der Waals surface area contributed by atoms with Crippen LogP contribution in [0.4, 0.5) is 0 Å². The van der Waals surface area contributed by atoms with Crippen LogP contribution in [0.15, 0.2) is 29.2 Å². The van der Waals surface area contributed by atoms with Gasteiger partial charge in [0.15, 0.2) is 6.61 Å². The Bertz CT molecular complexity index is 758. The summed E-state index contributed by atoms with van der Waals surface area (Å²) < 4.78 is 31.7. The Hall–Kier alpha value is -1.64. The number of piperidine rings is 1. The van der Waals surface area contributed by atoms with Crippen LogP contribution < -0.4 is 5.32 Å². The molecule has 1 N–H and O–H groups in total. The molecule has 1 aromatic carbocycles. The van der Waals surface area contributed by atoms with Crippen molar-refractivity contribution >= 4 is 33.5 Å². The summed E-state index contributed by atoms with van der Waals surface area (Å²) in [6.45, 7) is 3.96. The Morgan fingerprint density at radius 1 is 1.26 bits per heavy atom. The lowest BCUT2D eigenvalue weighted by Crippen LogP contribution is -2.41. The molecule has 27 heavy (non-hydrogen) atoms. The van der Waals surface area contributed by atoms with E-state index < -0.39 is 21.9 Å². The fraction of sp³-hybridized carbons (Fsp3) is 0.556. The number of hydrogen-bond donors (Lipinski definition) is 1. The van der Waals surface area contributed by atoms with E-state index in [1.807, 2.05) is 13.8 Å². The van der Waals surface area contributed by atoms with E-state index >= 15 is 0 Å². The molecule has 1 aromatic rings. The van der Waals surface area contributed by atoms with Crippen LogP contribution in [0.25, 0.3) is 0 Å². The molecule has 2 rings (SSSR count). The molecule has 0 spiro atoms. The second kappa shape index (κ2) is 9.52. The average Bonchev–Trinajstić information content (AvgIpc) is 2.66. The number of esters is 1. The lowest BCUT2D eigenvalue weighted by Gasteiger charge is -2.30. The van der Waals surface area contributed by atoms with Crippen LogP contribution in [0, 0.1) is 5.92 Å². The predicted molar refractivity (Wildman–Crippen MR) is 102 cm³/mol. The highest BCUT2D eigenvalue weighted by Gasteiger charge is 2.33. The number of nitrogens with one attached hydrogen (secondary N) is 1. The molecule has 1 saturated heterocycles. The van der Waals surface area contributed by atoms with Gasteiger partial charge in [-0.2, -0.15) is 4.31 Å². The molecular weight excluding hydrogens is 392 g/mol. The van der Waals surface area contributed by atoms with Crippen molar-refractivity contribution in [2.24, 2.45) is 5.92 Å². The predicted octanol–water partition coefficient (Wildman–Crippen LogP) is 2.20. The zero-order chi connectivity index (χ0) is 20.0. The topological polar surface area (TPSA) is 92.8 Å². The summed E-state index contributed by atoms with van der Waals surface area (Å²) in [5.74, 6) is -1.20. The maximum Gasteiger partial charge on any atom is 0.309 e. The number of benzene rings is 1. The van der Waals surface area contributed by atoms with Gasteiger partial charge in [0.1, 0.15) is 0 Å². The minimum atomic E-state index is -3.61. The van der Waals surface area contributed by atoms with Gasteiger partial charge in [-0.25, -0.2) is 8.42 Å². The van der Waals surface area contributed by atoms with E-state index in [1.165, 1.54) is 28.6 Å². The smallest absolute Gasteiger partial charge is 0.309 e. The molecule has 1 atom stereocenters. The van der Waals surface area contributed by atoms with E-state index in [9.17, 15) is 18.0 Å². The van der Waals surface area contributed by atoms with Gasteiger partial charge < -0.3 is 10.1 Å². The molecule has 150 valence electrons. The summed E-state index contributed by atoms with van der Waals surface area (Å²) in [6, 6.07) is 6.02. The van der Waals surface area contributed by atoms with Crippen LogP contribution in [0.5, 0.6) is 0 Å². The van der Waals surface area contributed by atoms with Crippen LogP contribution in [0.1, 0.15) is 33.1 Å². The molecular formula is C18H25ClN2O5S. The monoisotopic (exact) mass is 416 g/mol. The maximum atomic E-state index is 12.6. The summed E-state index contributed by atoms with van der Waals surface area (Å²) in [7, 11) is -3.61. The van der Waals surface area contributed by atoms with Crippen LogP contribution in [0.2, 0.25) is 5.02 Å². The van der Waals surface area contributed by atoms with E-state index in [0.717, 1.165) is 6.42 Å². The maximum absolute atomic E-state index is 12.6. The van der Waals surface area contributed by atoms with Gasteiger partial charge in [-0.05, 0) is 50.5 Å². The first-order chi connectivity index (χ1) is 12.7. The van der Waals surface area contributed by atoms with E-state index in [0.29, 0.717) is 17.9 Å². The fourth-order valence-corrected chi connectivity index (χ4v) is 4.36. The average molecular weight is 417 g/mol. The Morgan fingerprint density at radius 2 is 1.85 bits per heavy atom. The fourth-order valence-electron chi connectivity index (χ4n) is 2.76. The summed E-state index contributed by atoms with van der Waals surface area (Å²) in [5, 5.41) is 3.19. The number of amides is 1. The van der Waals surface area contributed by atoms with Gasteiger partial charge in [0.25, 0.3) is 5.91 Å². The molecule has 0 aromatic heterocycles. The van der Waals surface area contributed by atoms with Crippen molar-refractivity contribution in [3.63, 3.8) is 0 Å². The van der Waals surface area contributed by atoms with Crippen molar-refractivity contribution in [1.82, 2.24) is 9.62 Å². The molecule has 0 bridgehead atoms. The van der Waals surface area contributed by atoms with Gasteiger partial charge in [0.2, 0.25) is 10.0 Å². The lowest BCUT2D eigenvalue weighted by molar-refractivity contribution is -0.153. The Kier molecular flexibility index (Phi) is 7.64. The minimum absolute atomic E-state index is 0.0255. The number of halogens is 1. The number of ether oxygens (including phenoxy) is 1. The molecule has 0 unspecified atom stereocenters. The number of carbonyl (C=O) groups is 2. The third-order valence-corrected chi connectivity index (χ3v) is 6.77. The van der Waals surface area contributed by atoms with Crippen LogP contribution in [0.3, 0.4) is 0 Å². The van der Waals surface area contributed by atoms with E-state index in [-0.39, 0.29) is 36.5 Å². The van der Waals surface area contributed by atoms with E-state index in [4.69, 9.17) is 16.3 Å². The Morgan fingerprint density at radius 3 is 2.41 bits per heavy atom.